The summed E-state index contributed by atoms with van der Waals surface area (Å²) in [6, 6.07) is 9.74. The average molecular weight is 469 g/mol. The first-order valence-corrected chi connectivity index (χ1v) is 11.6. The summed E-state index contributed by atoms with van der Waals surface area (Å²) in [5, 5.41) is 3.16. The molecule has 0 heterocycles. The third-order valence-corrected chi connectivity index (χ3v) is 6.30. The van der Waals surface area contributed by atoms with Crippen LogP contribution in [-0.2, 0) is 21.9 Å². The van der Waals surface area contributed by atoms with E-state index < -0.39 is 17.7 Å². The molecule has 0 saturated carbocycles. The normalized spacial score (nSPS) is 12.8. The van der Waals surface area contributed by atoms with Crippen LogP contribution in [0.15, 0.2) is 42.5 Å². The third-order valence-electron chi connectivity index (χ3n) is 5.00. The second kappa shape index (κ2) is 12.1. The zero-order valence-electron chi connectivity index (χ0n) is 17.8. The number of rotatable bonds is 10. The molecule has 168 valence electrons. The lowest BCUT2D eigenvalue weighted by atomic mass is 10.1. The van der Waals surface area contributed by atoms with Crippen LogP contribution in [0.3, 0.4) is 0 Å². The molecule has 4 nitrogen and oxygen atoms in total. The van der Waals surface area contributed by atoms with E-state index in [1.165, 1.54) is 34.9 Å². The van der Waals surface area contributed by atoms with Gasteiger partial charge in [-0.1, -0.05) is 42.8 Å². The van der Waals surface area contributed by atoms with Crippen LogP contribution in [0, 0.1) is 11.6 Å². The van der Waals surface area contributed by atoms with Crippen LogP contribution in [-0.4, -0.2) is 34.6 Å². The number of hydrogen-bond acceptors (Lipinski definition) is 3. The van der Waals surface area contributed by atoms with Crippen LogP contribution in [0.25, 0.3) is 0 Å². The average Bonchev–Trinajstić information content (AvgIpc) is 2.74. The Morgan fingerprint density at radius 3 is 2.42 bits per heavy atom. The molecule has 0 aromatic heterocycles. The van der Waals surface area contributed by atoms with Gasteiger partial charge in [-0.25, -0.2) is 8.78 Å². The van der Waals surface area contributed by atoms with Gasteiger partial charge in [-0.3, -0.25) is 9.59 Å². The van der Waals surface area contributed by atoms with Crippen molar-refractivity contribution < 1.29 is 18.4 Å². The molecule has 0 aliphatic carbocycles. The van der Waals surface area contributed by atoms with Crippen molar-refractivity contribution in [3.05, 3.63) is 70.2 Å². The molecule has 0 aliphatic rings. The number of amides is 2. The molecule has 31 heavy (non-hydrogen) atoms. The maximum Gasteiger partial charge on any atom is 0.242 e. The van der Waals surface area contributed by atoms with E-state index in [4.69, 9.17) is 11.6 Å². The zero-order chi connectivity index (χ0) is 23.0. The molecule has 2 rings (SSSR count). The smallest absolute Gasteiger partial charge is 0.242 e. The van der Waals surface area contributed by atoms with Gasteiger partial charge in [0.25, 0.3) is 0 Å². The topological polar surface area (TPSA) is 49.4 Å². The summed E-state index contributed by atoms with van der Waals surface area (Å²) in [6.45, 7) is 5.40. The molecule has 0 aliphatic heterocycles. The molecule has 0 spiro atoms. The Morgan fingerprint density at radius 1 is 1.10 bits per heavy atom. The Hall–Kier alpha value is -2.12. The van der Waals surface area contributed by atoms with E-state index in [1.54, 1.807) is 31.2 Å². The SMILES string of the molecule is CC[C@@H](C)NC(=O)[C@H](C)N(Cc1ccccc1F)C(=O)CSCc1c(F)cccc1Cl. The van der Waals surface area contributed by atoms with Crippen LogP contribution in [0.1, 0.15) is 38.3 Å². The fourth-order valence-corrected chi connectivity index (χ4v) is 4.10. The molecule has 0 saturated heterocycles. The minimum Gasteiger partial charge on any atom is -0.352 e. The maximum atomic E-state index is 14.2. The van der Waals surface area contributed by atoms with E-state index in [0.717, 1.165) is 6.42 Å². The van der Waals surface area contributed by atoms with Crippen molar-refractivity contribution in [3.63, 3.8) is 0 Å². The molecule has 0 radical (unpaired) electrons. The third kappa shape index (κ3) is 7.21. The lowest BCUT2D eigenvalue weighted by Gasteiger charge is -2.29. The summed E-state index contributed by atoms with van der Waals surface area (Å²) >= 11 is 7.24. The number of nitrogens with zero attached hydrogens (tertiary/aromatic N) is 1. The largest absolute Gasteiger partial charge is 0.352 e. The number of hydrogen-bond donors (Lipinski definition) is 1. The van der Waals surface area contributed by atoms with E-state index in [0.29, 0.717) is 16.1 Å². The lowest BCUT2D eigenvalue weighted by molar-refractivity contribution is -0.139. The summed E-state index contributed by atoms with van der Waals surface area (Å²) in [4.78, 5) is 27.0. The van der Waals surface area contributed by atoms with E-state index in [-0.39, 0.29) is 35.9 Å². The van der Waals surface area contributed by atoms with Crippen molar-refractivity contribution in [2.24, 2.45) is 0 Å². The van der Waals surface area contributed by atoms with Gasteiger partial charge in [0.1, 0.15) is 17.7 Å². The highest BCUT2D eigenvalue weighted by molar-refractivity contribution is 7.99. The summed E-state index contributed by atoms with van der Waals surface area (Å²) in [5.41, 5.74) is 0.645. The monoisotopic (exact) mass is 468 g/mol. The van der Waals surface area contributed by atoms with Crippen molar-refractivity contribution >= 4 is 35.2 Å². The van der Waals surface area contributed by atoms with Gasteiger partial charge in [0.05, 0.1) is 5.75 Å². The van der Waals surface area contributed by atoms with Gasteiger partial charge in [-0.15, -0.1) is 11.8 Å². The van der Waals surface area contributed by atoms with Gasteiger partial charge in [0.15, 0.2) is 0 Å². The molecule has 2 atom stereocenters. The van der Waals surface area contributed by atoms with Crippen molar-refractivity contribution in [1.29, 1.82) is 0 Å². The Labute approximate surface area is 191 Å². The highest BCUT2D eigenvalue weighted by Gasteiger charge is 2.27. The summed E-state index contributed by atoms with van der Waals surface area (Å²) in [6.07, 6.45) is 0.749. The second-order valence-corrected chi connectivity index (χ2v) is 8.69. The van der Waals surface area contributed by atoms with Crippen molar-refractivity contribution in [2.75, 3.05) is 5.75 Å². The first-order chi connectivity index (χ1) is 14.7. The van der Waals surface area contributed by atoms with Crippen LogP contribution < -0.4 is 5.32 Å². The van der Waals surface area contributed by atoms with E-state index in [1.807, 2.05) is 13.8 Å². The van der Waals surface area contributed by atoms with E-state index in [9.17, 15) is 18.4 Å². The molecular weight excluding hydrogens is 442 g/mol. The summed E-state index contributed by atoms with van der Waals surface area (Å²) in [5.74, 6) is -1.32. The predicted molar refractivity (Wildman–Crippen MR) is 122 cm³/mol. The van der Waals surface area contributed by atoms with Gasteiger partial charge < -0.3 is 10.2 Å². The number of carbonyl (C=O) groups is 2. The van der Waals surface area contributed by atoms with Crippen molar-refractivity contribution in [2.45, 2.75) is 51.6 Å². The fourth-order valence-electron chi connectivity index (χ4n) is 2.85. The molecule has 2 aromatic rings. The van der Waals surface area contributed by atoms with Gasteiger partial charge >= 0.3 is 0 Å². The van der Waals surface area contributed by atoms with Crippen molar-refractivity contribution in [3.8, 4) is 0 Å². The predicted octanol–water partition coefficient (Wildman–Crippen LogP) is 5.18. The Morgan fingerprint density at radius 2 is 1.77 bits per heavy atom. The quantitative estimate of drug-likeness (QED) is 0.522. The molecule has 1 N–H and O–H groups in total. The van der Waals surface area contributed by atoms with E-state index in [2.05, 4.69) is 5.32 Å². The Kier molecular flexibility index (Phi) is 9.78. The Balaban J connectivity index is 2.13. The number of benzene rings is 2. The minimum atomic E-state index is -0.793. The molecule has 0 unspecified atom stereocenters. The van der Waals surface area contributed by atoms with Gasteiger partial charge in [-0.05, 0) is 38.5 Å². The lowest BCUT2D eigenvalue weighted by Crippen LogP contribution is -2.50. The Bertz CT molecular complexity index is 893. The van der Waals surface area contributed by atoms with Gasteiger partial charge in [-0.2, -0.15) is 0 Å². The molecular formula is C23H27ClF2N2O2S. The number of thioether (sulfide) groups is 1. The van der Waals surface area contributed by atoms with Crippen LogP contribution in [0.4, 0.5) is 8.78 Å². The van der Waals surface area contributed by atoms with Crippen LogP contribution in [0.5, 0.6) is 0 Å². The molecule has 0 bridgehead atoms. The highest BCUT2D eigenvalue weighted by Crippen LogP contribution is 2.24. The molecule has 0 fully saturated rings. The minimum absolute atomic E-state index is 0.0000666. The second-order valence-electron chi connectivity index (χ2n) is 7.30. The van der Waals surface area contributed by atoms with Crippen LogP contribution >= 0.6 is 23.4 Å². The number of nitrogens with one attached hydrogen (secondary N) is 1. The number of halogens is 3. The molecule has 2 amide bonds. The summed E-state index contributed by atoms with van der Waals surface area (Å²) in [7, 11) is 0. The van der Waals surface area contributed by atoms with Crippen molar-refractivity contribution in [1.82, 2.24) is 10.2 Å². The van der Waals surface area contributed by atoms with Crippen LogP contribution in [0.2, 0.25) is 5.02 Å². The van der Waals surface area contributed by atoms with Gasteiger partial charge in [0.2, 0.25) is 11.8 Å². The zero-order valence-corrected chi connectivity index (χ0v) is 19.4. The summed E-state index contributed by atoms with van der Waals surface area (Å²) < 4.78 is 28.2. The van der Waals surface area contributed by atoms with E-state index >= 15 is 0 Å². The first-order valence-electron chi connectivity index (χ1n) is 10.1. The van der Waals surface area contributed by atoms with Gasteiger partial charge in [0, 0.05) is 34.5 Å². The first kappa shape index (κ1) is 25.1. The fraction of sp³-hybridized carbons (Fsp3) is 0.391. The highest BCUT2D eigenvalue weighted by atomic mass is 35.5. The number of carbonyl (C=O) groups excluding carboxylic acids is 2. The molecule has 8 heteroatoms. The maximum absolute atomic E-state index is 14.2. The standard InChI is InChI=1S/C23H27ClF2N2O2S/c1-4-15(2)27-23(30)16(3)28(12-17-8-5-6-10-20(17)25)22(29)14-31-13-18-19(24)9-7-11-21(18)26/h5-11,15-16H,4,12-14H2,1-3H3,(H,27,30)/t15-,16+/m1/s1. The molecule has 2 aromatic carbocycles.